The number of para-hydroxylation sites is 1. The molecule has 0 saturated heterocycles. The molecule has 2 aromatic rings. The molecule has 3 nitrogen and oxygen atoms in total. The summed E-state index contributed by atoms with van der Waals surface area (Å²) in [4.78, 5) is 0. The van der Waals surface area contributed by atoms with Crippen molar-refractivity contribution in [2.24, 2.45) is 0 Å². The van der Waals surface area contributed by atoms with E-state index in [1.165, 1.54) is 0 Å². The summed E-state index contributed by atoms with van der Waals surface area (Å²) < 4.78 is 1.85. The molecule has 0 spiro atoms. The van der Waals surface area contributed by atoms with Gasteiger partial charge in [-0.05, 0) is 19.1 Å². The molecular formula is C12H11N3. The van der Waals surface area contributed by atoms with Gasteiger partial charge in [0, 0.05) is 11.3 Å². The topological polar surface area (TPSA) is 41.6 Å². The van der Waals surface area contributed by atoms with Gasteiger partial charge in [0.15, 0.2) is 0 Å². The number of nitrogens with zero attached hydrogens (tertiary/aromatic N) is 3. The number of hydrogen-bond donors (Lipinski definition) is 0. The number of benzene rings is 1. The quantitative estimate of drug-likeness (QED) is 0.740. The van der Waals surface area contributed by atoms with Crippen molar-refractivity contribution in [3.8, 4) is 11.8 Å². The Morgan fingerprint density at radius 2 is 2.07 bits per heavy atom. The van der Waals surface area contributed by atoms with Gasteiger partial charge >= 0.3 is 0 Å². The summed E-state index contributed by atoms with van der Waals surface area (Å²) >= 11 is 0. The van der Waals surface area contributed by atoms with Gasteiger partial charge in [0.25, 0.3) is 0 Å². The minimum atomic E-state index is 0.415. The van der Waals surface area contributed by atoms with Crippen molar-refractivity contribution >= 4 is 0 Å². The summed E-state index contributed by atoms with van der Waals surface area (Å²) in [6.07, 6.45) is 2.17. The van der Waals surface area contributed by atoms with Gasteiger partial charge in [-0.3, -0.25) is 0 Å². The second-order valence-electron chi connectivity index (χ2n) is 3.34. The molecule has 1 aromatic heterocycles. The SMILES string of the molecule is Cc1c(CC#N)cnn1-c1ccccc1. The monoisotopic (exact) mass is 197 g/mol. The molecule has 74 valence electrons. The number of hydrogen-bond acceptors (Lipinski definition) is 2. The minimum Gasteiger partial charge on any atom is -0.238 e. The fraction of sp³-hybridized carbons (Fsp3) is 0.167. The molecule has 0 fully saturated rings. The first kappa shape index (κ1) is 9.47. The molecule has 0 saturated carbocycles. The Morgan fingerprint density at radius 1 is 1.33 bits per heavy atom. The lowest BCUT2D eigenvalue weighted by molar-refractivity contribution is 0.845. The van der Waals surface area contributed by atoms with Gasteiger partial charge in [-0.25, -0.2) is 4.68 Å². The highest BCUT2D eigenvalue weighted by atomic mass is 15.3. The molecule has 1 aromatic carbocycles. The van der Waals surface area contributed by atoms with Crippen LogP contribution in [-0.4, -0.2) is 9.78 Å². The first-order valence-electron chi connectivity index (χ1n) is 4.79. The predicted molar refractivity (Wildman–Crippen MR) is 57.6 cm³/mol. The Balaban J connectivity index is 2.43. The molecule has 15 heavy (non-hydrogen) atoms. The lowest BCUT2D eigenvalue weighted by Crippen LogP contribution is -1.98. The van der Waals surface area contributed by atoms with E-state index in [0.29, 0.717) is 6.42 Å². The maximum Gasteiger partial charge on any atom is 0.0671 e. The second kappa shape index (κ2) is 3.97. The van der Waals surface area contributed by atoms with E-state index in [1.54, 1.807) is 6.20 Å². The van der Waals surface area contributed by atoms with Crippen molar-refractivity contribution in [2.45, 2.75) is 13.3 Å². The lowest BCUT2D eigenvalue weighted by atomic mass is 10.2. The molecule has 0 aliphatic carbocycles. The Kier molecular flexibility index (Phi) is 2.51. The molecule has 0 amide bonds. The third-order valence-corrected chi connectivity index (χ3v) is 2.38. The summed E-state index contributed by atoms with van der Waals surface area (Å²) in [5.41, 5.74) is 3.04. The van der Waals surface area contributed by atoms with Crippen LogP contribution in [0.25, 0.3) is 5.69 Å². The third-order valence-electron chi connectivity index (χ3n) is 2.38. The Hall–Kier alpha value is -2.08. The Morgan fingerprint density at radius 3 is 2.73 bits per heavy atom. The molecule has 0 radical (unpaired) electrons. The molecule has 3 heteroatoms. The van der Waals surface area contributed by atoms with Crippen LogP contribution in [0.2, 0.25) is 0 Å². The third kappa shape index (κ3) is 1.75. The van der Waals surface area contributed by atoms with Crippen LogP contribution in [0.1, 0.15) is 11.3 Å². The van der Waals surface area contributed by atoms with Crippen molar-refractivity contribution in [1.29, 1.82) is 5.26 Å². The molecule has 0 aliphatic rings. The van der Waals surface area contributed by atoms with Gasteiger partial charge in [0.1, 0.15) is 0 Å². The second-order valence-corrected chi connectivity index (χ2v) is 3.34. The van der Waals surface area contributed by atoms with Gasteiger partial charge < -0.3 is 0 Å². The summed E-state index contributed by atoms with van der Waals surface area (Å²) in [6, 6.07) is 12.0. The van der Waals surface area contributed by atoms with E-state index < -0.39 is 0 Å². The molecule has 0 atom stereocenters. The van der Waals surface area contributed by atoms with Crippen LogP contribution in [0.3, 0.4) is 0 Å². The van der Waals surface area contributed by atoms with E-state index in [4.69, 9.17) is 5.26 Å². The fourth-order valence-corrected chi connectivity index (χ4v) is 1.53. The zero-order valence-corrected chi connectivity index (χ0v) is 8.51. The van der Waals surface area contributed by atoms with Crippen LogP contribution >= 0.6 is 0 Å². The number of aromatic nitrogens is 2. The fourth-order valence-electron chi connectivity index (χ4n) is 1.53. The average molecular weight is 197 g/mol. The maximum absolute atomic E-state index is 8.64. The van der Waals surface area contributed by atoms with Crippen molar-refractivity contribution in [3.05, 3.63) is 47.8 Å². The van der Waals surface area contributed by atoms with Gasteiger partial charge in [-0.15, -0.1) is 0 Å². The van der Waals surface area contributed by atoms with E-state index in [2.05, 4.69) is 11.2 Å². The summed E-state index contributed by atoms with van der Waals surface area (Å²) in [7, 11) is 0. The van der Waals surface area contributed by atoms with Crippen LogP contribution in [-0.2, 0) is 6.42 Å². The van der Waals surface area contributed by atoms with E-state index in [0.717, 1.165) is 16.9 Å². The standard InChI is InChI=1S/C12H11N3/c1-10-11(7-8-13)9-14-15(10)12-5-3-2-4-6-12/h2-6,9H,7H2,1H3. The van der Waals surface area contributed by atoms with Crippen LogP contribution in [0.4, 0.5) is 0 Å². The first-order chi connectivity index (χ1) is 7.33. The zero-order chi connectivity index (χ0) is 10.7. The molecular weight excluding hydrogens is 186 g/mol. The van der Waals surface area contributed by atoms with Crippen LogP contribution < -0.4 is 0 Å². The molecule has 2 rings (SSSR count). The first-order valence-corrected chi connectivity index (χ1v) is 4.79. The van der Waals surface area contributed by atoms with Crippen molar-refractivity contribution < 1.29 is 0 Å². The van der Waals surface area contributed by atoms with E-state index >= 15 is 0 Å². The summed E-state index contributed by atoms with van der Waals surface area (Å²) in [5.74, 6) is 0. The van der Waals surface area contributed by atoms with Crippen molar-refractivity contribution in [2.75, 3.05) is 0 Å². The summed E-state index contributed by atoms with van der Waals surface area (Å²) in [5, 5.41) is 12.9. The van der Waals surface area contributed by atoms with E-state index in [9.17, 15) is 0 Å². The van der Waals surface area contributed by atoms with E-state index in [1.807, 2.05) is 41.9 Å². The molecule has 1 heterocycles. The lowest BCUT2D eigenvalue weighted by Gasteiger charge is -2.03. The van der Waals surface area contributed by atoms with Gasteiger partial charge in [0.05, 0.1) is 24.4 Å². The Bertz CT molecular complexity index is 491. The minimum absolute atomic E-state index is 0.415. The van der Waals surface area contributed by atoms with Gasteiger partial charge in [-0.1, -0.05) is 18.2 Å². The molecule has 0 bridgehead atoms. The average Bonchev–Trinajstić information content (AvgIpc) is 2.63. The molecule has 0 unspecified atom stereocenters. The van der Waals surface area contributed by atoms with E-state index in [-0.39, 0.29) is 0 Å². The van der Waals surface area contributed by atoms with Crippen molar-refractivity contribution in [1.82, 2.24) is 9.78 Å². The van der Waals surface area contributed by atoms with Gasteiger partial charge in [0.2, 0.25) is 0 Å². The maximum atomic E-state index is 8.64. The normalized spacial score (nSPS) is 9.87. The highest BCUT2D eigenvalue weighted by molar-refractivity contribution is 5.35. The van der Waals surface area contributed by atoms with Crippen LogP contribution in [0.15, 0.2) is 36.5 Å². The smallest absolute Gasteiger partial charge is 0.0671 e. The van der Waals surface area contributed by atoms with Gasteiger partial charge in [-0.2, -0.15) is 10.4 Å². The predicted octanol–water partition coefficient (Wildman–Crippen LogP) is 2.25. The summed E-state index contributed by atoms with van der Waals surface area (Å²) in [6.45, 7) is 1.98. The number of rotatable bonds is 2. The highest BCUT2D eigenvalue weighted by Gasteiger charge is 2.06. The van der Waals surface area contributed by atoms with Crippen molar-refractivity contribution in [3.63, 3.8) is 0 Å². The molecule has 0 N–H and O–H groups in total. The van der Waals surface area contributed by atoms with Crippen LogP contribution in [0.5, 0.6) is 0 Å². The van der Waals surface area contributed by atoms with Crippen LogP contribution in [0, 0.1) is 18.3 Å². The molecule has 0 aliphatic heterocycles. The number of nitriles is 1. The zero-order valence-electron chi connectivity index (χ0n) is 8.51. The highest BCUT2D eigenvalue weighted by Crippen LogP contribution is 2.13. The largest absolute Gasteiger partial charge is 0.238 e. The Labute approximate surface area is 88.6 Å².